The molecular weight excluding hydrogens is 324 g/mol. The summed E-state index contributed by atoms with van der Waals surface area (Å²) in [6.07, 6.45) is 3.08. The lowest BCUT2D eigenvalue weighted by molar-refractivity contribution is -0.248. The fourth-order valence-electron chi connectivity index (χ4n) is 6.30. The van der Waals surface area contributed by atoms with Crippen molar-refractivity contribution in [2.75, 3.05) is 14.2 Å². The van der Waals surface area contributed by atoms with Crippen molar-refractivity contribution in [2.24, 2.45) is 16.2 Å². The van der Waals surface area contributed by atoms with Crippen LogP contribution in [-0.4, -0.2) is 37.7 Å². The second-order valence-corrected chi connectivity index (χ2v) is 8.77. The number of ether oxygens (including phenoxy) is 3. The average Bonchev–Trinajstić information content (AvgIpc) is 2.50. The molecule has 0 aromatic carbocycles. The SMILES string of the molecule is C=C(C)C(=O)OC12CC3(C)CC(C(=O)OC)(C1)CC(C(=O)OC)(C3)C2. The molecular formula is C19H26O6. The zero-order valence-electron chi connectivity index (χ0n) is 15.4. The van der Waals surface area contributed by atoms with Gasteiger partial charge < -0.3 is 14.2 Å². The lowest BCUT2D eigenvalue weighted by Gasteiger charge is -2.66. The van der Waals surface area contributed by atoms with Gasteiger partial charge in [0, 0.05) is 18.4 Å². The molecule has 2 unspecified atom stereocenters. The topological polar surface area (TPSA) is 78.9 Å². The summed E-state index contributed by atoms with van der Waals surface area (Å²) >= 11 is 0. The van der Waals surface area contributed by atoms with Crippen molar-refractivity contribution in [3.63, 3.8) is 0 Å². The summed E-state index contributed by atoms with van der Waals surface area (Å²) in [5.41, 5.74) is -2.47. The molecule has 25 heavy (non-hydrogen) atoms. The standard InChI is InChI=1S/C19H26O6/c1-12(2)13(20)25-19-8-16(3)6-17(10-19,14(21)23-4)9-18(7-16,11-19)15(22)24-5/h1,6-11H2,2-5H3. The number of methoxy groups -OCH3 is 2. The molecule has 0 radical (unpaired) electrons. The molecule has 2 atom stereocenters. The second-order valence-electron chi connectivity index (χ2n) is 8.77. The Kier molecular flexibility index (Phi) is 3.82. The van der Waals surface area contributed by atoms with Crippen LogP contribution in [0.2, 0.25) is 0 Å². The average molecular weight is 350 g/mol. The molecule has 4 bridgehead atoms. The van der Waals surface area contributed by atoms with Gasteiger partial charge in [0.2, 0.25) is 0 Å². The van der Waals surface area contributed by atoms with Gasteiger partial charge in [-0.3, -0.25) is 9.59 Å². The van der Waals surface area contributed by atoms with Crippen molar-refractivity contribution in [2.45, 2.75) is 58.0 Å². The first-order chi connectivity index (χ1) is 11.5. The molecule has 0 spiro atoms. The normalized spacial score (nSPS) is 41.1. The molecule has 4 fully saturated rings. The van der Waals surface area contributed by atoms with Crippen molar-refractivity contribution >= 4 is 17.9 Å². The first-order valence-electron chi connectivity index (χ1n) is 8.59. The van der Waals surface area contributed by atoms with Crippen LogP contribution in [0.4, 0.5) is 0 Å². The van der Waals surface area contributed by atoms with Crippen LogP contribution < -0.4 is 0 Å². The third-order valence-corrected chi connectivity index (χ3v) is 6.17. The number of rotatable bonds is 4. The first kappa shape index (κ1) is 18.0. The van der Waals surface area contributed by atoms with Gasteiger partial charge in [-0.1, -0.05) is 13.5 Å². The Bertz CT molecular complexity index is 631. The molecule has 0 saturated heterocycles. The van der Waals surface area contributed by atoms with Gasteiger partial charge >= 0.3 is 17.9 Å². The highest BCUT2D eigenvalue weighted by molar-refractivity contribution is 5.88. The van der Waals surface area contributed by atoms with Crippen LogP contribution in [0.5, 0.6) is 0 Å². The Balaban J connectivity index is 2.10. The maximum absolute atomic E-state index is 12.7. The molecule has 0 N–H and O–H groups in total. The molecule has 0 aliphatic heterocycles. The number of carbonyl (C=O) groups excluding carboxylic acids is 3. The smallest absolute Gasteiger partial charge is 0.333 e. The molecule has 4 rings (SSSR count). The molecule has 0 aromatic heterocycles. The molecule has 0 amide bonds. The zero-order chi connectivity index (χ0) is 18.7. The van der Waals surface area contributed by atoms with E-state index in [-0.39, 0.29) is 17.4 Å². The third kappa shape index (κ3) is 2.57. The summed E-state index contributed by atoms with van der Waals surface area (Å²) in [6, 6.07) is 0. The maximum atomic E-state index is 12.7. The first-order valence-corrected chi connectivity index (χ1v) is 8.59. The van der Waals surface area contributed by atoms with Gasteiger partial charge in [0.05, 0.1) is 25.0 Å². The van der Waals surface area contributed by atoms with Gasteiger partial charge in [0.1, 0.15) is 5.60 Å². The van der Waals surface area contributed by atoms with Crippen LogP contribution in [0.3, 0.4) is 0 Å². The van der Waals surface area contributed by atoms with Crippen molar-refractivity contribution in [3.8, 4) is 0 Å². The van der Waals surface area contributed by atoms with Crippen molar-refractivity contribution in [3.05, 3.63) is 12.2 Å². The molecule has 4 saturated carbocycles. The third-order valence-electron chi connectivity index (χ3n) is 6.17. The van der Waals surface area contributed by atoms with Gasteiger partial charge in [0.15, 0.2) is 0 Å². The minimum atomic E-state index is -0.859. The van der Waals surface area contributed by atoms with Crippen molar-refractivity contribution < 1.29 is 28.6 Å². The van der Waals surface area contributed by atoms with E-state index in [4.69, 9.17) is 14.2 Å². The number of carbonyl (C=O) groups is 3. The minimum Gasteiger partial charge on any atom is -0.469 e. The fourth-order valence-corrected chi connectivity index (χ4v) is 6.30. The van der Waals surface area contributed by atoms with Crippen LogP contribution in [0.25, 0.3) is 0 Å². The van der Waals surface area contributed by atoms with E-state index in [2.05, 4.69) is 13.5 Å². The Morgan fingerprint density at radius 2 is 1.32 bits per heavy atom. The predicted octanol–water partition coefficient (Wildman–Crippen LogP) is 2.55. The van der Waals surface area contributed by atoms with E-state index in [1.54, 1.807) is 6.92 Å². The summed E-state index contributed by atoms with van der Waals surface area (Å²) in [7, 11) is 2.72. The lowest BCUT2D eigenvalue weighted by atomic mass is 9.38. The van der Waals surface area contributed by atoms with E-state index in [0.29, 0.717) is 44.1 Å². The van der Waals surface area contributed by atoms with Gasteiger partial charge in [0.25, 0.3) is 0 Å². The monoisotopic (exact) mass is 350 g/mol. The van der Waals surface area contributed by atoms with Gasteiger partial charge in [-0.15, -0.1) is 0 Å². The van der Waals surface area contributed by atoms with Gasteiger partial charge in [-0.05, 0) is 38.0 Å². The van der Waals surface area contributed by atoms with E-state index < -0.39 is 22.4 Å². The zero-order valence-corrected chi connectivity index (χ0v) is 15.4. The molecule has 6 heteroatoms. The quantitative estimate of drug-likeness (QED) is 0.440. The highest BCUT2D eigenvalue weighted by Crippen LogP contribution is 2.72. The lowest BCUT2D eigenvalue weighted by Crippen LogP contribution is -2.68. The molecule has 4 aliphatic carbocycles. The Hall–Kier alpha value is -1.85. The van der Waals surface area contributed by atoms with E-state index >= 15 is 0 Å². The molecule has 4 aliphatic rings. The van der Waals surface area contributed by atoms with Crippen LogP contribution in [0.1, 0.15) is 52.4 Å². The van der Waals surface area contributed by atoms with Gasteiger partial charge in [-0.2, -0.15) is 0 Å². The van der Waals surface area contributed by atoms with E-state index in [0.717, 1.165) is 0 Å². The van der Waals surface area contributed by atoms with Crippen molar-refractivity contribution in [1.29, 1.82) is 0 Å². The van der Waals surface area contributed by atoms with Crippen molar-refractivity contribution in [1.82, 2.24) is 0 Å². The van der Waals surface area contributed by atoms with Crippen LogP contribution in [0, 0.1) is 16.2 Å². The number of hydrogen-bond acceptors (Lipinski definition) is 6. The summed E-state index contributed by atoms with van der Waals surface area (Å²) in [5.74, 6) is -1.14. The van der Waals surface area contributed by atoms with Crippen LogP contribution in [0.15, 0.2) is 12.2 Å². The van der Waals surface area contributed by atoms with E-state index in [9.17, 15) is 14.4 Å². The van der Waals surface area contributed by atoms with E-state index in [1.165, 1.54) is 14.2 Å². The Morgan fingerprint density at radius 1 is 0.840 bits per heavy atom. The molecule has 138 valence electrons. The van der Waals surface area contributed by atoms with Crippen LogP contribution in [-0.2, 0) is 28.6 Å². The predicted molar refractivity (Wildman–Crippen MR) is 88.3 cm³/mol. The number of hydrogen-bond donors (Lipinski definition) is 0. The molecule has 6 nitrogen and oxygen atoms in total. The maximum Gasteiger partial charge on any atom is 0.333 e. The molecule has 0 heterocycles. The Labute approximate surface area is 147 Å². The van der Waals surface area contributed by atoms with E-state index in [1.807, 2.05) is 0 Å². The second kappa shape index (κ2) is 5.32. The minimum absolute atomic E-state index is 0.285. The largest absolute Gasteiger partial charge is 0.469 e. The summed E-state index contributed by atoms with van der Waals surface area (Å²) in [5, 5.41) is 0. The summed E-state index contributed by atoms with van der Waals surface area (Å²) in [6.45, 7) is 7.30. The highest BCUT2D eigenvalue weighted by atomic mass is 16.6. The molecule has 0 aromatic rings. The fraction of sp³-hybridized carbons (Fsp3) is 0.737. The van der Waals surface area contributed by atoms with Gasteiger partial charge in [-0.25, -0.2) is 4.79 Å². The highest BCUT2D eigenvalue weighted by Gasteiger charge is 2.73. The van der Waals surface area contributed by atoms with Crippen LogP contribution >= 0.6 is 0 Å². The summed E-state index contributed by atoms with van der Waals surface area (Å²) in [4.78, 5) is 37.6. The summed E-state index contributed by atoms with van der Waals surface area (Å²) < 4.78 is 16.0. The number of esters is 3. The Morgan fingerprint density at radius 3 is 1.72 bits per heavy atom.